The summed E-state index contributed by atoms with van der Waals surface area (Å²) in [5, 5.41) is 14.5. The Morgan fingerprint density at radius 2 is 2.00 bits per heavy atom. The first kappa shape index (κ1) is 13.0. The van der Waals surface area contributed by atoms with Crippen molar-refractivity contribution in [1.29, 1.82) is 0 Å². The lowest BCUT2D eigenvalue weighted by atomic mass is 10.1. The van der Waals surface area contributed by atoms with Gasteiger partial charge in [0.2, 0.25) is 0 Å². The molecule has 0 atom stereocenters. The highest BCUT2D eigenvalue weighted by molar-refractivity contribution is 5.70. The molecule has 0 aromatic heterocycles. The third-order valence-electron chi connectivity index (χ3n) is 3.69. The zero-order valence-corrected chi connectivity index (χ0v) is 11.3. The number of ether oxygens (including phenoxy) is 2. The highest BCUT2D eigenvalue weighted by Gasteiger charge is 2.31. The molecule has 2 aliphatic heterocycles. The molecule has 2 aliphatic rings. The molecule has 7 heteroatoms. The number of nitro groups is 1. The maximum atomic E-state index is 11.3. The lowest BCUT2D eigenvalue weighted by Crippen LogP contribution is -2.57. The highest BCUT2D eigenvalue weighted by atomic mass is 16.6. The maximum absolute atomic E-state index is 11.3. The van der Waals surface area contributed by atoms with Crippen molar-refractivity contribution in [3.63, 3.8) is 0 Å². The van der Waals surface area contributed by atoms with Crippen LogP contribution >= 0.6 is 0 Å². The first-order valence-corrected chi connectivity index (χ1v) is 6.76. The standard InChI is InChI=1S/C13H17N3O4/c1-2-15(9-7-14-8-9)10-5-12-13(20-4-3-19-12)6-11(10)16(17)18/h5-6,9,14H,2-4,7-8H2,1H3. The Hall–Kier alpha value is -2.02. The molecule has 0 aliphatic carbocycles. The van der Waals surface area contributed by atoms with E-state index in [4.69, 9.17) is 9.47 Å². The fourth-order valence-corrected chi connectivity index (χ4v) is 2.56. The molecule has 20 heavy (non-hydrogen) atoms. The number of likely N-dealkylation sites (N-methyl/N-ethyl adjacent to an activating group) is 1. The van der Waals surface area contributed by atoms with Crippen LogP contribution in [0, 0.1) is 10.1 Å². The number of nitrogens with one attached hydrogen (secondary N) is 1. The SMILES string of the molecule is CCN(c1cc2c(cc1[N+](=O)[O-])OCCO2)C1CNC1. The monoisotopic (exact) mass is 279 g/mol. The normalized spacial score (nSPS) is 17.4. The van der Waals surface area contributed by atoms with Crippen molar-refractivity contribution in [2.75, 3.05) is 37.7 Å². The van der Waals surface area contributed by atoms with Gasteiger partial charge in [0.25, 0.3) is 5.69 Å². The Bertz CT molecular complexity index is 531. The molecule has 7 nitrogen and oxygen atoms in total. The Balaban J connectivity index is 2.04. The summed E-state index contributed by atoms with van der Waals surface area (Å²) in [4.78, 5) is 13.0. The summed E-state index contributed by atoms with van der Waals surface area (Å²) >= 11 is 0. The number of anilines is 1. The predicted octanol–water partition coefficient (Wildman–Crippen LogP) is 1.16. The number of benzene rings is 1. The number of hydrogen-bond acceptors (Lipinski definition) is 6. The summed E-state index contributed by atoms with van der Waals surface area (Å²) in [6.45, 7) is 5.31. The van der Waals surface area contributed by atoms with Gasteiger partial charge in [-0.1, -0.05) is 0 Å². The summed E-state index contributed by atoms with van der Waals surface area (Å²) in [6.07, 6.45) is 0. The van der Waals surface area contributed by atoms with E-state index in [1.54, 1.807) is 6.07 Å². The van der Waals surface area contributed by atoms with Crippen LogP contribution in [0.1, 0.15) is 6.92 Å². The molecular formula is C13H17N3O4. The van der Waals surface area contributed by atoms with Crippen LogP contribution in [0.5, 0.6) is 11.5 Å². The maximum Gasteiger partial charge on any atom is 0.296 e. The predicted molar refractivity (Wildman–Crippen MR) is 73.8 cm³/mol. The van der Waals surface area contributed by atoms with Gasteiger partial charge in [-0.25, -0.2) is 0 Å². The van der Waals surface area contributed by atoms with Gasteiger partial charge in [0, 0.05) is 25.7 Å². The van der Waals surface area contributed by atoms with Gasteiger partial charge in [-0.3, -0.25) is 10.1 Å². The topological polar surface area (TPSA) is 76.9 Å². The lowest BCUT2D eigenvalue weighted by Gasteiger charge is -2.39. The number of fused-ring (bicyclic) bond motifs is 1. The van der Waals surface area contributed by atoms with Gasteiger partial charge in [0.15, 0.2) is 11.5 Å². The van der Waals surface area contributed by atoms with Crippen LogP contribution in [-0.4, -0.2) is 43.8 Å². The minimum Gasteiger partial charge on any atom is -0.486 e. The molecule has 0 bridgehead atoms. The van der Waals surface area contributed by atoms with Gasteiger partial charge in [0.05, 0.1) is 17.0 Å². The van der Waals surface area contributed by atoms with E-state index in [0.717, 1.165) is 13.1 Å². The summed E-state index contributed by atoms with van der Waals surface area (Å²) < 4.78 is 11.0. The second kappa shape index (κ2) is 5.16. The van der Waals surface area contributed by atoms with Crippen LogP contribution < -0.4 is 19.7 Å². The molecular weight excluding hydrogens is 262 g/mol. The van der Waals surface area contributed by atoms with Crippen LogP contribution in [0.3, 0.4) is 0 Å². The summed E-state index contributed by atoms with van der Waals surface area (Å²) in [5.74, 6) is 1.04. The van der Waals surface area contributed by atoms with E-state index in [1.807, 2.05) is 11.8 Å². The van der Waals surface area contributed by atoms with Crippen LogP contribution in [0.2, 0.25) is 0 Å². The van der Waals surface area contributed by atoms with Crippen LogP contribution in [0.15, 0.2) is 12.1 Å². The third-order valence-corrected chi connectivity index (χ3v) is 3.69. The van der Waals surface area contributed by atoms with Crippen molar-refractivity contribution in [2.24, 2.45) is 0 Å². The van der Waals surface area contributed by atoms with E-state index in [0.29, 0.717) is 43.0 Å². The van der Waals surface area contributed by atoms with Crippen molar-refractivity contribution < 1.29 is 14.4 Å². The molecule has 0 radical (unpaired) electrons. The zero-order chi connectivity index (χ0) is 14.1. The molecule has 1 aromatic rings. The average molecular weight is 279 g/mol. The average Bonchev–Trinajstić information content (AvgIpc) is 2.41. The second-order valence-corrected chi connectivity index (χ2v) is 4.84. The van der Waals surface area contributed by atoms with Gasteiger partial charge in [-0.2, -0.15) is 0 Å². The third kappa shape index (κ3) is 2.14. The highest BCUT2D eigenvalue weighted by Crippen LogP contribution is 2.41. The van der Waals surface area contributed by atoms with Crippen molar-refractivity contribution in [3.05, 3.63) is 22.2 Å². The van der Waals surface area contributed by atoms with Crippen molar-refractivity contribution in [3.8, 4) is 11.5 Å². The quantitative estimate of drug-likeness (QED) is 0.658. The van der Waals surface area contributed by atoms with E-state index in [9.17, 15) is 10.1 Å². The van der Waals surface area contributed by atoms with Crippen molar-refractivity contribution in [1.82, 2.24) is 5.32 Å². The number of nitro benzene ring substituents is 1. The number of hydrogen-bond donors (Lipinski definition) is 1. The summed E-state index contributed by atoms with van der Waals surface area (Å²) in [7, 11) is 0. The Kier molecular flexibility index (Phi) is 3.35. The summed E-state index contributed by atoms with van der Waals surface area (Å²) in [6, 6.07) is 3.49. The molecule has 0 unspecified atom stereocenters. The number of nitrogens with zero attached hydrogens (tertiary/aromatic N) is 2. The van der Waals surface area contributed by atoms with Crippen LogP contribution in [0.25, 0.3) is 0 Å². The molecule has 3 rings (SSSR count). The molecule has 1 N–H and O–H groups in total. The van der Waals surface area contributed by atoms with Crippen molar-refractivity contribution in [2.45, 2.75) is 13.0 Å². The van der Waals surface area contributed by atoms with Crippen LogP contribution in [-0.2, 0) is 0 Å². The Morgan fingerprint density at radius 1 is 1.35 bits per heavy atom. The van der Waals surface area contributed by atoms with E-state index in [2.05, 4.69) is 5.32 Å². The molecule has 1 aromatic carbocycles. The van der Waals surface area contributed by atoms with Gasteiger partial charge in [-0.15, -0.1) is 0 Å². The van der Waals surface area contributed by atoms with Gasteiger partial charge < -0.3 is 19.7 Å². The molecule has 1 fully saturated rings. The smallest absolute Gasteiger partial charge is 0.296 e. The molecule has 2 heterocycles. The van der Waals surface area contributed by atoms with E-state index in [1.165, 1.54) is 6.07 Å². The minimum atomic E-state index is -0.359. The van der Waals surface area contributed by atoms with Crippen molar-refractivity contribution >= 4 is 11.4 Å². The molecule has 0 amide bonds. The largest absolute Gasteiger partial charge is 0.486 e. The minimum absolute atomic E-state index is 0.0722. The van der Waals surface area contributed by atoms with E-state index in [-0.39, 0.29) is 10.6 Å². The fourth-order valence-electron chi connectivity index (χ4n) is 2.56. The molecule has 108 valence electrons. The van der Waals surface area contributed by atoms with Gasteiger partial charge in [-0.05, 0) is 6.92 Å². The molecule has 0 saturated carbocycles. The Labute approximate surface area is 116 Å². The Morgan fingerprint density at radius 3 is 2.50 bits per heavy atom. The summed E-state index contributed by atoms with van der Waals surface area (Å²) in [5.41, 5.74) is 0.677. The fraction of sp³-hybridized carbons (Fsp3) is 0.538. The molecule has 1 saturated heterocycles. The van der Waals surface area contributed by atoms with E-state index < -0.39 is 0 Å². The molecule has 0 spiro atoms. The first-order valence-electron chi connectivity index (χ1n) is 6.76. The van der Waals surface area contributed by atoms with Gasteiger partial charge >= 0.3 is 0 Å². The zero-order valence-electron chi connectivity index (χ0n) is 11.3. The second-order valence-electron chi connectivity index (χ2n) is 4.84. The van der Waals surface area contributed by atoms with E-state index >= 15 is 0 Å². The first-order chi connectivity index (χ1) is 9.70. The van der Waals surface area contributed by atoms with Gasteiger partial charge in [0.1, 0.15) is 18.9 Å². The van der Waals surface area contributed by atoms with Crippen LogP contribution in [0.4, 0.5) is 11.4 Å². The number of rotatable bonds is 4. The lowest BCUT2D eigenvalue weighted by molar-refractivity contribution is -0.384.